The fourth-order valence-electron chi connectivity index (χ4n) is 2.45. The molecule has 1 aromatic carbocycles. The molecular weight excluding hydrogens is 282 g/mol. The Hall–Kier alpha value is -2.76. The van der Waals surface area contributed by atoms with Crippen molar-refractivity contribution >= 4 is 17.5 Å². The van der Waals surface area contributed by atoms with Crippen LogP contribution in [-0.4, -0.2) is 23.3 Å². The molecule has 1 fully saturated rings. The molecule has 1 atom stereocenters. The summed E-state index contributed by atoms with van der Waals surface area (Å²) in [4.78, 5) is 25.8. The number of carbonyl (C=O) groups is 2. The Balaban J connectivity index is 1.52. The first-order chi connectivity index (χ1) is 10.7. The second kappa shape index (κ2) is 6.34. The Kier molecular flexibility index (Phi) is 4.09. The normalized spacial score (nSPS) is 17.5. The standard InChI is InChI=1S/C16H17N3O3/c20-15-9-12(10-19(15)11-14-7-4-8-22-14)16(21)18-17-13-5-2-1-3-6-13/h1-8,12,17H,9-11H2,(H,18,21). The number of carbonyl (C=O) groups excluding carboxylic acids is 2. The Morgan fingerprint density at radius 1 is 1.23 bits per heavy atom. The number of furan rings is 1. The first-order valence-electron chi connectivity index (χ1n) is 7.13. The molecule has 1 aliphatic heterocycles. The van der Waals surface area contributed by atoms with Crippen molar-refractivity contribution in [3.05, 3.63) is 54.5 Å². The number of rotatable bonds is 5. The van der Waals surface area contributed by atoms with E-state index in [9.17, 15) is 9.59 Å². The predicted molar refractivity (Wildman–Crippen MR) is 80.4 cm³/mol. The van der Waals surface area contributed by atoms with Crippen LogP contribution in [0.3, 0.4) is 0 Å². The number of nitrogens with one attached hydrogen (secondary N) is 2. The van der Waals surface area contributed by atoms with Gasteiger partial charge in [-0.3, -0.25) is 20.4 Å². The van der Waals surface area contributed by atoms with Crippen LogP contribution >= 0.6 is 0 Å². The molecule has 1 unspecified atom stereocenters. The van der Waals surface area contributed by atoms with E-state index >= 15 is 0 Å². The zero-order chi connectivity index (χ0) is 15.4. The van der Waals surface area contributed by atoms with Crippen molar-refractivity contribution < 1.29 is 14.0 Å². The van der Waals surface area contributed by atoms with Gasteiger partial charge in [0.2, 0.25) is 11.8 Å². The maximum absolute atomic E-state index is 12.1. The van der Waals surface area contributed by atoms with E-state index < -0.39 is 0 Å². The zero-order valence-corrected chi connectivity index (χ0v) is 12.0. The monoisotopic (exact) mass is 299 g/mol. The van der Waals surface area contributed by atoms with Gasteiger partial charge in [0.25, 0.3) is 0 Å². The number of benzene rings is 1. The molecule has 1 aliphatic rings. The van der Waals surface area contributed by atoms with Gasteiger partial charge in [0, 0.05) is 13.0 Å². The summed E-state index contributed by atoms with van der Waals surface area (Å²) >= 11 is 0. The molecule has 2 heterocycles. The number of anilines is 1. The van der Waals surface area contributed by atoms with Gasteiger partial charge in [-0.15, -0.1) is 0 Å². The van der Waals surface area contributed by atoms with Crippen LogP contribution in [0, 0.1) is 5.92 Å². The van der Waals surface area contributed by atoms with Gasteiger partial charge >= 0.3 is 0 Å². The third kappa shape index (κ3) is 3.28. The third-order valence-corrected chi connectivity index (χ3v) is 3.62. The van der Waals surface area contributed by atoms with Gasteiger partial charge < -0.3 is 9.32 Å². The predicted octanol–water partition coefficient (Wildman–Crippen LogP) is 1.77. The highest BCUT2D eigenvalue weighted by Crippen LogP contribution is 2.20. The first kappa shape index (κ1) is 14.2. The van der Waals surface area contributed by atoms with Gasteiger partial charge in [0.1, 0.15) is 5.76 Å². The lowest BCUT2D eigenvalue weighted by atomic mass is 10.1. The second-order valence-corrected chi connectivity index (χ2v) is 5.23. The first-order valence-corrected chi connectivity index (χ1v) is 7.13. The van der Waals surface area contributed by atoms with E-state index in [0.717, 1.165) is 11.4 Å². The summed E-state index contributed by atoms with van der Waals surface area (Å²) < 4.78 is 5.24. The zero-order valence-electron chi connectivity index (χ0n) is 12.0. The van der Waals surface area contributed by atoms with Crippen LogP contribution in [0.5, 0.6) is 0 Å². The van der Waals surface area contributed by atoms with E-state index in [-0.39, 0.29) is 24.2 Å². The van der Waals surface area contributed by atoms with Crippen molar-refractivity contribution in [1.29, 1.82) is 0 Å². The number of nitrogens with zero attached hydrogens (tertiary/aromatic N) is 1. The highest BCUT2D eigenvalue weighted by Gasteiger charge is 2.34. The van der Waals surface area contributed by atoms with Gasteiger partial charge in [-0.2, -0.15) is 0 Å². The maximum atomic E-state index is 12.1. The highest BCUT2D eigenvalue weighted by molar-refractivity contribution is 5.89. The molecule has 2 N–H and O–H groups in total. The van der Waals surface area contributed by atoms with Crippen LogP contribution in [-0.2, 0) is 16.1 Å². The van der Waals surface area contributed by atoms with E-state index in [2.05, 4.69) is 10.9 Å². The number of amides is 2. The van der Waals surface area contributed by atoms with E-state index in [1.54, 1.807) is 17.2 Å². The third-order valence-electron chi connectivity index (χ3n) is 3.62. The summed E-state index contributed by atoms with van der Waals surface area (Å²) in [5.41, 5.74) is 6.30. The summed E-state index contributed by atoms with van der Waals surface area (Å²) in [7, 11) is 0. The van der Waals surface area contributed by atoms with Crippen molar-refractivity contribution in [1.82, 2.24) is 10.3 Å². The minimum absolute atomic E-state index is 0.0312. The minimum Gasteiger partial charge on any atom is -0.467 e. The Morgan fingerprint density at radius 3 is 2.77 bits per heavy atom. The molecule has 0 spiro atoms. The summed E-state index contributed by atoms with van der Waals surface area (Å²) in [5, 5.41) is 0. The van der Waals surface area contributed by atoms with Gasteiger partial charge in [-0.1, -0.05) is 18.2 Å². The summed E-state index contributed by atoms with van der Waals surface area (Å²) in [6, 6.07) is 12.9. The van der Waals surface area contributed by atoms with E-state index in [1.165, 1.54) is 0 Å². The molecule has 0 bridgehead atoms. The molecule has 6 heteroatoms. The van der Waals surface area contributed by atoms with Crippen molar-refractivity contribution in [2.45, 2.75) is 13.0 Å². The van der Waals surface area contributed by atoms with Crippen molar-refractivity contribution in [2.24, 2.45) is 5.92 Å². The average molecular weight is 299 g/mol. The molecule has 2 amide bonds. The van der Waals surface area contributed by atoms with Crippen LogP contribution in [0.4, 0.5) is 5.69 Å². The summed E-state index contributed by atoms with van der Waals surface area (Å²) in [5.74, 6) is 0.158. The van der Waals surface area contributed by atoms with E-state index in [4.69, 9.17) is 4.42 Å². The van der Waals surface area contributed by atoms with Gasteiger partial charge in [0.15, 0.2) is 0 Å². The van der Waals surface area contributed by atoms with Crippen molar-refractivity contribution in [2.75, 3.05) is 12.0 Å². The highest BCUT2D eigenvalue weighted by atomic mass is 16.3. The Bertz CT molecular complexity index is 640. The Morgan fingerprint density at radius 2 is 2.05 bits per heavy atom. The molecule has 0 radical (unpaired) electrons. The lowest BCUT2D eigenvalue weighted by Gasteiger charge is -2.15. The molecule has 6 nitrogen and oxygen atoms in total. The van der Waals surface area contributed by atoms with Crippen molar-refractivity contribution in [3.8, 4) is 0 Å². The Labute approximate surface area is 128 Å². The number of hydrazine groups is 1. The summed E-state index contributed by atoms with van der Waals surface area (Å²) in [6.45, 7) is 0.809. The SMILES string of the molecule is O=C(NNc1ccccc1)C1CC(=O)N(Cc2ccco2)C1. The summed E-state index contributed by atoms with van der Waals surface area (Å²) in [6.07, 6.45) is 1.80. The van der Waals surface area contributed by atoms with Gasteiger partial charge in [-0.05, 0) is 24.3 Å². The molecular formula is C16H17N3O3. The number of hydrogen-bond acceptors (Lipinski definition) is 4. The maximum Gasteiger partial charge on any atom is 0.243 e. The quantitative estimate of drug-likeness (QED) is 0.825. The molecule has 114 valence electrons. The fourth-order valence-corrected chi connectivity index (χ4v) is 2.45. The number of para-hydroxylation sites is 1. The second-order valence-electron chi connectivity index (χ2n) is 5.23. The van der Waals surface area contributed by atoms with Crippen LogP contribution in [0.1, 0.15) is 12.2 Å². The lowest BCUT2D eigenvalue weighted by Crippen LogP contribution is -2.36. The van der Waals surface area contributed by atoms with Crippen LogP contribution < -0.4 is 10.9 Å². The van der Waals surface area contributed by atoms with Gasteiger partial charge in [0.05, 0.1) is 24.4 Å². The molecule has 2 aromatic rings. The van der Waals surface area contributed by atoms with E-state index in [0.29, 0.717) is 13.1 Å². The van der Waals surface area contributed by atoms with Crippen molar-refractivity contribution in [3.63, 3.8) is 0 Å². The largest absolute Gasteiger partial charge is 0.467 e. The topological polar surface area (TPSA) is 74.6 Å². The fraction of sp³-hybridized carbons (Fsp3) is 0.250. The molecule has 0 saturated carbocycles. The molecule has 3 rings (SSSR count). The molecule has 1 saturated heterocycles. The number of likely N-dealkylation sites (tertiary alicyclic amines) is 1. The number of hydrogen-bond donors (Lipinski definition) is 2. The van der Waals surface area contributed by atoms with E-state index in [1.807, 2.05) is 36.4 Å². The van der Waals surface area contributed by atoms with Gasteiger partial charge in [-0.25, -0.2) is 0 Å². The van der Waals surface area contributed by atoms with Crippen LogP contribution in [0.15, 0.2) is 53.1 Å². The molecule has 0 aliphatic carbocycles. The lowest BCUT2D eigenvalue weighted by molar-refractivity contribution is -0.129. The van der Waals surface area contributed by atoms with Crippen LogP contribution in [0.2, 0.25) is 0 Å². The molecule has 1 aromatic heterocycles. The average Bonchev–Trinajstić information content (AvgIpc) is 3.17. The minimum atomic E-state index is -0.348. The smallest absolute Gasteiger partial charge is 0.243 e. The molecule has 22 heavy (non-hydrogen) atoms. The van der Waals surface area contributed by atoms with Crippen LogP contribution in [0.25, 0.3) is 0 Å².